The zero-order valence-electron chi connectivity index (χ0n) is 15.6. The maximum atomic E-state index is 12.6. The van der Waals surface area contributed by atoms with Gasteiger partial charge in [-0.3, -0.25) is 0 Å². The van der Waals surface area contributed by atoms with Gasteiger partial charge in [0.15, 0.2) is 11.5 Å². The first-order valence-electron chi connectivity index (χ1n) is 9.20. The van der Waals surface area contributed by atoms with Crippen molar-refractivity contribution in [2.75, 3.05) is 0 Å². The minimum atomic E-state index is -0.882. The van der Waals surface area contributed by atoms with Gasteiger partial charge < -0.3 is 18.6 Å². The van der Waals surface area contributed by atoms with Crippen LogP contribution in [-0.4, -0.2) is 18.2 Å². The largest absolute Gasteiger partial charge is 0.482 e. The molecule has 0 aliphatic carbocycles. The van der Waals surface area contributed by atoms with E-state index in [2.05, 4.69) is 0 Å². The van der Waals surface area contributed by atoms with Crippen LogP contribution in [0.1, 0.15) is 25.0 Å². The van der Waals surface area contributed by atoms with E-state index in [-0.39, 0.29) is 6.61 Å². The fourth-order valence-electron chi connectivity index (χ4n) is 3.22. The van der Waals surface area contributed by atoms with Gasteiger partial charge in [0.2, 0.25) is 6.10 Å². The van der Waals surface area contributed by atoms with Crippen molar-refractivity contribution in [2.24, 2.45) is 0 Å². The van der Waals surface area contributed by atoms with Gasteiger partial charge in [0, 0.05) is 17.0 Å². The second-order valence-corrected chi connectivity index (χ2v) is 6.69. The van der Waals surface area contributed by atoms with E-state index in [0.29, 0.717) is 22.6 Å². The molecule has 0 amide bonds. The van der Waals surface area contributed by atoms with Crippen LogP contribution in [0.3, 0.4) is 0 Å². The lowest BCUT2D eigenvalue weighted by atomic mass is 10.1. The summed E-state index contributed by atoms with van der Waals surface area (Å²) in [5, 5.41) is 0.740. The number of para-hydroxylation sites is 2. The molecule has 0 bridgehead atoms. The first-order valence-corrected chi connectivity index (χ1v) is 9.20. The van der Waals surface area contributed by atoms with Gasteiger partial charge in [0.25, 0.3) is 0 Å². The molecule has 144 valence electrons. The number of rotatable bonds is 4. The lowest BCUT2D eigenvalue weighted by Gasteiger charge is -2.30. The van der Waals surface area contributed by atoms with Crippen molar-refractivity contribution in [2.45, 2.75) is 39.1 Å². The summed E-state index contributed by atoms with van der Waals surface area (Å²) in [5.41, 5.74) is 1.65. The van der Waals surface area contributed by atoms with E-state index in [0.717, 1.165) is 17.4 Å². The molecule has 0 radical (unpaired) electrons. The minimum absolute atomic E-state index is 0.0549. The van der Waals surface area contributed by atoms with Gasteiger partial charge in [0.05, 0.1) is 0 Å². The summed E-state index contributed by atoms with van der Waals surface area (Å²) in [7, 11) is 0. The number of ether oxygens (including phenoxy) is 3. The molecule has 0 saturated heterocycles. The number of benzene rings is 2. The molecule has 0 spiro atoms. The van der Waals surface area contributed by atoms with Gasteiger partial charge in [-0.2, -0.15) is 0 Å². The number of aryl methyl sites for hydroxylation is 1. The lowest BCUT2D eigenvalue weighted by Crippen LogP contribution is -2.44. The Morgan fingerprint density at radius 3 is 2.57 bits per heavy atom. The molecule has 4 rings (SSSR count). The van der Waals surface area contributed by atoms with Crippen LogP contribution in [-0.2, 0) is 22.6 Å². The van der Waals surface area contributed by atoms with Gasteiger partial charge >= 0.3 is 11.6 Å². The number of fused-ring (bicyclic) bond motifs is 2. The van der Waals surface area contributed by atoms with Gasteiger partial charge in [-0.25, -0.2) is 9.59 Å². The fraction of sp³-hybridized carbons (Fsp3) is 0.273. The Labute approximate surface area is 161 Å². The van der Waals surface area contributed by atoms with Crippen molar-refractivity contribution in [1.29, 1.82) is 0 Å². The second kappa shape index (κ2) is 7.38. The van der Waals surface area contributed by atoms with Gasteiger partial charge in [-0.05, 0) is 37.1 Å². The lowest BCUT2D eigenvalue weighted by molar-refractivity contribution is -0.159. The van der Waals surface area contributed by atoms with Crippen molar-refractivity contribution in [3.63, 3.8) is 0 Å². The van der Waals surface area contributed by atoms with Crippen LogP contribution in [0.4, 0.5) is 0 Å². The first-order chi connectivity index (χ1) is 13.5. The highest BCUT2D eigenvalue weighted by Crippen LogP contribution is 2.33. The summed E-state index contributed by atoms with van der Waals surface area (Å²) in [6.45, 7) is 3.72. The predicted molar refractivity (Wildman–Crippen MR) is 103 cm³/mol. The van der Waals surface area contributed by atoms with Crippen LogP contribution in [0.15, 0.2) is 57.7 Å². The molecule has 2 atom stereocenters. The molecule has 0 unspecified atom stereocenters. The predicted octanol–water partition coefficient (Wildman–Crippen LogP) is 3.63. The molecule has 1 aliphatic heterocycles. The summed E-state index contributed by atoms with van der Waals surface area (Å²) in [4.78, 5) is 24.5. The minimum Gasteiger partial charge on any atom is -0.482 e. The van der Waals surface area contributed by atoms with Crippen LogP contribution in [0.2, 0.25) is 0 Å². The molecule has 6 nitrogen and oxygen atoms in total. The molecule has 1 aromatic heterocycles. The number of carbonyl (C=O) groups is 1. The molecule has 2 heterocycles. The quantitative estimate of drug-likeness (QED) is 0.508. The van der Waals surface area contributed by atoms with Crippen molar-refractivity contribution < 1.29 is 23.4 Å². The molecular weight excluding hydrogens is 360 g/mol. The average molecular weight is 380 g/mol. The van der Waals surface area contributed by atoms with E-state index in [1.54, 1.807) is 25.1 Å². The third-order valence-corrected chi connectivity index (χ3v) is 4.75. The molecule has 28 heavy (non-hydrogen) atoms. The van der Waals surface area contributed by atoms with Gasteiger partial charge in [-0.15, -0.1) is 0 Å². The summed E-state index contributed by atoms with van der Waals surface area (Å²) >= 11 is 0. The summed E-state index contributed by atoms with van der Waals surface area (Å²) in [6.07, 6.45) is -0.544. The highest BCUT2D eigenvalue weighted by atomic mass is 16.6. The maximum absolute atomic E-state index is 12.6. The van der Waals surface area contributed by atoms with E-state index < -0.39 is 23.8 Å². The Kier molecular flexibility index (Phi) is 4.77. The van der Waals surface area contributed by atoms with Crippen molar-refractivity contribution >= 4 is 16.9 Å². The summed E-state index contributed by atoms with van der Waals surface area (Å²) in [6, 6.07) is 14.2. The first kappa shape index (κ1) is 18.1. The van der Waals surface area contributed by atoms with E-state index in [9.17, 15) is 9.59 Å². The Morgan fingerprint density at radius 2 is 1.82 bits per heavy atom. The molecular formula is C22H20O6. The summed E-state index contributed by atoms with van der Waals surface area (Å²) in [5.74, 6) is 0.548. The van der Waals surface area contributed by atoms with Crippen LogP contribution in [0, 0.1) is 0 Å². The van der Waals surface area contributed by atoms with Crippen LogP contribution in [0.25, 0.3) is 11.0 Å². The van der Waals surface area contributed by atoms with Crippen molar-refractivity contribution in [1.82, 2.24) is 0 Å². The third kappa shape index (κ3) is 3.45. The smallest absolute Gasteiger partial charge is 0.351 e. The Morgan fingerprint density at radius 1 is 1.07 bits per heavy atom. The number of hydrogen-bond acceptors (Lipinski definition) is 6. The number of carbonyl (C=O) groups excluding carboxylic acids is 1. The van der Waals surface area contributed by atoms with E-state index >= 15 is 0 Å². The third-order valence-electron chi connectivity index (χ3n) is 4.75. The average Bonchev–Trinajstić information content (AvgIpc) is 2.70. The van der Waals surface area contributed by atoms with Crippen molar-refractivity contribution in [3.05, 3.63) is 70.1 Å². The molecule has 2 aromatic carbocycles. The highest BCUT2D eigenvalue weighted by Gasteiger charge is 2.35. The standard InChI is InChI=1S/C22H20O6/c1-3-14-8-9-16-15(11-20(23)27-19(16)10-14)12-25-22(24)21-13(2)26-17-6-4-5-7-18(17)28-21/h4-11,13,21H,3,12H2,1-2H3/t13-,21-/m0/s1. The Hall–Kier alpha value is -3.28. The molecule has 1 aliphatic rings. The van der Waals surface area contributed by atoms with Gasteiger partial charge in [0.1, 0.15) is 18.3 Å². The Bertz CT molecular complexity index is 1080. The molecule has 0 fully saturated rings. The van der Waals surface area contributed by atoms with E-state index in [1.165, 1.54) is 6.07 Å². The topological polar surface area (TPSA) is 75.0 Å². The van der Waals surface area contributed by atoms with Crippen LogP contribution < -0.4 is 15.1 Å². The molecule has 0 N–H and O–H groups in total. The van der Waals surface area contributed by atoms with Crippen LogP contribution in [0.5, 0.6) is 11.5 Å². The Balaban J connectivity index is 1.53. The normalized spacial score (nSPS) is 18.1. The molecule has 0 saturated carbocycles. The molecule has 6 heteroatoms. The monoisotopic (exact) mass is 380 g/mol. The highest BCUT2D eigenvalue weighted by molar-refractivity contribution is 5.81. The fourth-order valence-corrected chi connectivity index (χ4v) is 3.22. The van der Waals surface area contributed by atoms with Gasteiger partial charge in [-0.1, -0.05) is 31.2 Å². The number of hydrogen-bond donors (Lipinski definition) is 0. The SMILES string of the molecule is CCc1ccc2c(COC(=O)[C@H]3Oc4ccccc4O[C@H]3C)cc(=O)oc2c1. The van der Waals surface area contributed by atoms with E-state index in [4.69, 9.17) is 18.6 Å². The zero-order chi connectivity index (χ0) is 19.7. The second-order valence-electron chi connectivity index (χ2n) is 6.69. The summed E-state index contributed by atoms with van der Waals surface area (Å²) < 4.78 is 22.2. The van der Waals surface area contributed by atoms with E-state index in [1.807, 2.05) is 31.2 Å². The number of esters is 1. The van der Waals surface area contributed by atoms with Crippen molar-refractivity contribution in [3.8, 4) is 11.5 Å². The zero-order valence-corrected chi connectivity index (χ0v) is 15.6. The molecule has 3 aromatic rings. The maximum Gasteiger partial charge on any atom is 0.351 e. The van der Waals surface area contributed by atoms with Crippen LogP contribution >= 0.6 is 0 Å².